The predicted octanol–water partition coefficient (Wildman–Crippen LogP) is 5.18. The Morgan fingerprint density at radius 1 is 0.914 bits per heavy atom. The molecular formula is C28H27N3O4. The van der Waals surface area contributed by atoms with Crippen molar-refractivity contribution in [1.29, 1.82) is 0 Å². The largest absolute Gasteiger partial charge is 0.486 e. The Hall–Kier alpha value is -4.39. The van der Waals surface area contributed by atoms with Crippen LogP contribution in [0.2, 0.25) is 0 Å². The Morgan fingerprint density at radius 2 is 1.66 bits per heavy atom. The maximum absolute atomic E-state index is 12.3. The smallest absolute Gasteiger partial charge is 0.273 e. The van der Waals surface area contributed by atoms with E-state index in [1.165, 1.54) is 5.56 Å². The van der Waals surface area contributed by atoms with Crippen molar-refractivity contribution in [2.24, 2.45) is 0 Å². The molecule has 0 unspecified atom stereocenters. The fourth-order valence-corrected chi connectivity index (χ4v) is 3.41. The van der Waals surface area contributed by atoms with Crippen LogP contribution in [0.3, 0.4) is 0 Å². The number of nitrogens with zero attached hydrogens (tertiary/aromatic N) is 1. The van der Waals surface area contributed by atoms with Gasteiger partial charge in [-0.05, 0) is 61.7 Å². The van der Waals surface area contributed by atoms with Gasteiger partial charge in [0.15, 0.2) is 11.5 Å². The number of aryl methyl sites for hydroxylation is 2. The molecule has 0 bridgehead atoms. The van der Waals surface area contributed by atoms with Crippen LogP contribution in [-0.4, -0.2) is 23.5 Å². The summed E-state index contributed by atoms with van der Waals surface area (Å²) in [6, 6.07) is 26.1. The van der Waals surface area contributed by atoms with E-state index in [2.05, 4.69) is 27.9 Å². The quantitative estimate of drug-likeness (QED) is 0.312. The minimum absolute atomic E-state index is 0.128. The highest BCUT2D eigenvalue weighted by molar-refractivity contribution is 6.04. The molecule has 1 aromatic heterocycles. The van der Waals surface area contributed by atoms with E-state index in [1.54, 1.807) is 42.5 Å². The number of hydrogen-bond acceptors (Lipinski definition) is 5. The van der Waals surface area contributed by atoms with Crippen molar-refractivity contribution >= 4 is 17.5 Å². The first-order valence-electron chi connectivity index (χ1n) is 11.5. The number of carbonyl (C=O) groups excluding carboxylic acids is 2. The third-order valence-corrected chi connectivity index (χ3v) is 5.37. The zero-order valence-corrected chi connectivity index (χ0v) is 19.5. The molecule has 7 nitrogen and oxygen atoms in total. The van der Waals surface area contributed by atoms with Gasteiger partial charge in [0.25, 0.3) is 11.8 Å². The van der Waals surface area contributed by atoms with Crippen LogP contribution in [0.5, 0.6) is 5.75 Å². The Bertz CT molecular complexity index is 1250. The van der Waals surface area contributed by atoms with Crippen LogP contribution in [0.25, 0.3) is 0 Å². The molecule has 0 aliphatic heterocycles. The Balaban J connectivity index is 1.20. The highest BCUT2D eigenvalue weighted by Gasteiger charge is 2.13. The van der Waals surface area contributed by atoms with Crippen LogP contribution in [0, 0.1) is 6.92 Å². The average molecular weight is 470 g/mol. The van der Waals surface area contributed by atoms with Gasteiger partial charge >= 0.3 is 0 Å². The van der Waals surface area contributed by atoms with Crippen LogP contribution in [0.4, 0.5) is 5.69 Å². The molecule has 3 aromatic carbocycles. The summed E-state index contributed by atoms with van der Waals surface area (Å²) in [6.45, 7) is 2.66. The Kier molecular flexibility index (Phi) is 7.91. The molecule has 0 spiro atoms. The number of benzene rings is 3. The summed E-state index contributed by atoms with van der Waals surface area (Å²) in [5, 5.41) is 9.54. The molecule has 0 fully saturated rings. The standard InChI is InChI=1S/C28H27N3O4/c1-20-9-11-22(12-10-20)27(32)30-23-13-15-24(16-14-23)34-19-25-18-26(31-35-25)28(33)29-17-5-8-21-6-3-2-4-7-21/h2-4,6-7,9-16,18H,5,8,17,19H2,1H3,(H,29,33)(H,30,32). The van der Waals surface area contributed by atoms with Crippen molar-refractivity contribution in [3.05, 3.63) is 113 Å². The third-order valence-electron chi connectivity index (χ3n) is 5.37. The highest BCUT2D eigenvalue weighted by atomic mass is 16.5. The minimum Gasteiger partial charge on any atom is -0.486 e. The molecule has 4 rings (SSSR count). The van der Waals surface area contributed by atoms with E-state index < -0.39 is 0 Å². The fraction of sp³-hybridized carbons (Fsp3) is 0.179. The average Bonchev–Trinajstić information content (AvgIpc) is 3.36. The molecule has 2 N–H and O–H groups in total. The van der Waals surface area contributed by atoms with E-state index in [-0.39, 0.29) is 24.1 Å². The molecule has 2 amide bonds. The number of amides is 2. The maximum Gasteiger partial charge on any atom is 0.273 e. The zero-order chi connectivity index (χ0) is 24.5. The lowest BCUT2D eigenvalue weighted by molar-refractivity contribution is 0.0943. The molecule has 4 aromatic rings. The molecular weight excluding hydrogens is 442 g/mol. The lowest BCUT2D eigenvalue weighted by Crippen LogP contribution is -2.25. The monoisotopic (exact) mass is 469 g/mol. The van der Waals surface area contributed by atoms with Crippen LogP contribution in [0.15, 0.2) is 89.5 Å². The van der Waals surface area contributed by atoms with E-state index in [4.69, 9.17) is 9.26 Å². The van der Waals surface area contributed by atoms with Crippen molar-refractivity contribution in [3.8, 4) is 5.75 Å². The van der Waals surface area contributed by atoms with Gasteiger partial charge in [0.05, 0.1) is 0 Å². The summed E-state index contributed by atoms with van der Waals surface area (Å²) in [5.41, 5.74) is 3.81. The summed E-state index contributed by atoms with van der Waals surface area (Å²) in [7, 11) is 0. The first-order valence-corrected chi connectivity index (χ1v) is 11.5. The fourth-order valence-electron chi connectivity index (χ4n) is 3.41. The molecule has 0 aliphatic carbocycles. The topological polar surface area (TPSA) is 93.5 Å². The van der Waals surface area contributed by atoms with Crippen LogP contribution < -0.4 is 15.4 Å². The number of carbonyl (C=O) groups is 2. The lowest BCUT2D eigenvalue weighted by Gasteiger charge is -2.07. The predicted molar refractivity (Wildman–Crippen MR) is 134 cm³/mol. The third kappa shape index (κ3) is 7.04. The first-order chi connectivity index (χ1) is 17.1. The van der Waals surface area contributed by atoms with E-state index >= 15 is 0 Å². The maximum atomic E-state index is 12.3. The van der Waals surface area contributed by atoms with E-state index in [9.17, 15) is 9.59 Å². The number of anilines is 1. The van der Waals surface area contributed by atoms with Crippen molar-refractivity contribution in [3.63, 3.8) is 0 Å². The van der Waals surface area contributed by atoms with Gasteiger partial charge in [-0.2, -0.15) is 0 Å². The summed E-state index contributed by atoms with van der Waals surface area (Å²) in [4.78, 5) is 24.6. The first kappa shape index (κ1) is 23.8. The molecule has 35 heavy (non-hydrogen) atoms. The van der Waals surface area contributed by atoms with Gasteiger partial charge in [-0.3, -0.25) is 9.59 Å². The highest BCUT2D eigenvalue weighted by Crippen LogP contribution is 2.18. The summed E-state index contributed by atoms with van der Waals surface area (Å²) >= 11 is 0. The second-order valence-electron chi connectivity index (χ2n) is 8.16. The van der Waals surface area contributed by atoms with Crippen molar-refractivity contribution in [1.82, 2.24) is 10.5 Å². The van der Waals surface area contributed by atoms with E-state index in [0.717, 1.165) is 18.4 Å². The van der Waals surface area contributed by atoms with Crippen LogP contribution in [0.1, 0.15) is 44.2 Å². The Morgan fingerprint density at radius 3 is 2.40 bits per heavy atom. The van der Waals surface area contributed by atoms with Gasteiger partial charge in [0.1, 0.15) is 12.4 Å². The van der Waals surface area contributed by atoms with Crippen molar-refractivity contribution in [2.45, 2.75) is 26.4 Å². The van der Waals surface area contributed by atoms with Gasteiger partial charge < -0.3 is 19.9 Å². The normalized spacial score (nSPS) is 10.5. The lowest BCUT2D eigenvalue weighted by atomic mass is 10.1. The number of rotatable bonds is 10. The molecule has 0 atom stereocenters. The number of hydrogen-bond donors (Lipinski definition) is 2. The summed E-state index contributed by atoms with van der Waals surface area (Å²) in [5.74, 6) is 0.589. The van der Waals surface area contributed by atoms with E-state index in [0.29, 0.717) is 29.3 Å². The molecule has 0 saturated heterocycles. The second kappa shape index (κ2) is 11.7. The zero-order valence-electron chi connectivity index (χ0n) is 19.5. The van der Waals surface area contributed by atoms with Crippen LogP contribution >= 0.6 is 0 Å². The molecule has 178 valence electrons. The minimum atomic E-state index is -0.276. The number of nitrogens with one attached hydrogen (secondary N) is 2. The molecule has 1 heterocycles. The van der Waals surface area contributed by atoms with Crippen LogP contribution in [-0.2, 0) is 13.0 Å². The second-order valence-corrected chi connectivity index (χ2v) is 8.16. The molecule has 0 radical (unpaired) electrons. The van der Waals surface area contributed by atoms with Crippen molar-refractivity contribution in [2.75, 3.05) is 11.9 Å². The summed E-state index contributed by atoms with van der Waals surface area (Å²) in [6.07, 6.45) is 1.73. The van der Waals surface area contributed by atoms with Gasteiger partial charge in [-0.1, -0.05) is 53.2 Å². The molecule has 0 aliphatic rings. The van der Waals surface area contributed by atoms with Gasteiger partial charge in [0, 0.05) is 23.9 Å². The number of aromatic nitrogens is 1. The Labute approximate surface area is 204 Å². The van der Waals surface area contributed by atoms with Gasteiger partial charge in [0.2, 0.25) is 0 Å². The molecule has 0 saturated carbocycles. The number of ether oxygens (including phenoxy) is 1. The summed E-state index contributed by atoms with van der Waals surface area (Å²) < 4.78 is 10.9. The SMILES string of the molecule is Cc1ccc(C(=O)Nc2ccc(OCc3cc(C(=O)NCCCc4ccccc4)no3)cc2)cc1. The van der Waals surface area contributed by atoms with Gasteiger partial charge in [-0.15, -0.1) is 0 Å². The van der Waals surface area contributed by atoms with Crippen molar-refractivity contribution < 1.29 is 18.8 Å². The van der Waals surface area contributed by atoms with Gasteiger partial charge in [-0.25, -0.2) is 0 Å². The van der Waals surface area contributed by atoms with E-state index in [1.807, 2.05) is 37.3 Å². The molecule has 7 heteroatoms.